The summed E-state index contributed by atoms with van der Waals surface area (Å²) in [5, 5.41) is 3.41. The maximum atomic E-state index is 5.69. The first kappa shape index (κ1) is 19.3. The number of hydrogen-bond acceptors (Lipinski definition) is 4. The maximum absolute atomic E-state index is 5.69. The molecule has 4 nitrogen and oxygen atoms in total. The van der Waals surface area contributed by atoms with E-state index in [2.05, 4.69) is 68.2 Å². The number of nitrogens with one attached hydrogen (secondary N) is 1. The largest absolute Gasteiger partial charge is 0.494 e. The second-order valence-electron chi connectivity index (χ2n) is 9.49. The highest BCUT2D eigenvalue weighted by Crippen LogP contribution is 2.47. The van der Waals surface area contributed by atoms with E-state index in [1.165, 1.54) is 24.0 Å². The highest BCUT2D eigenvalue weighted by molar-refractivity contribution is 5.70. The molecule has 1 aliphatic heterocycles. The lowest BCUT2D eigenvalue weighted by molar-refractivity contribution is 0.332. The SMILES string of the molecule is COc1ccc(N2CCNCC2)nc1-c1ccc2c(c1)C(C)(C)CCC2(C)C. The van der Waals surface area contributed by atoms with Crippen LogP contribution < -0.4 is 15.0 Å². The van der Waals surface area contributed by atoms with Crippen molar-refractivity contribution in [1.82, 2.24) is 10.3 Å². The van der Waals surface area contributed by atoms with E-state index in [4.69, 9.17) is 9.72 Å². The van der Waals surface area contributed by atoms with Crippen LogP contribution in [0.15, 0.2) is 30.3 Å². The van der Waals surface area contributed by atoms with Crippen LogP contribution in [0.1, 0.15) is 51.7 Å². The van der Waals surface area contributed by atoms with E-state index in [0.717, 1.165) is 49.0 Å². The summed E-state index contributed by atoms with van der Waals surface area (Å²) >= 11 is 0. The van der Waals surface area contributed by atoms with Crippen molar-refractivity contribution in [2.75, 3.05) is 38.2 Å². The number of rotatable bonds is 3. The third kappa shape index (κ3) is 3.39. The summed E-state index contributed by atoms with van der Waals surface area (Å²) in [6, 6.07) is 11.1. The molecule has 28 heavy (non-hydrogen) atoms. The lowest BCUT2D eigenvalue weighted by atomic mass is 9.63. The van der Waals surface area contributed by atoms with Gasteiger partial charge in [0.25, 0.3) is 0 Å². The molecule has 0 amide bonds. The number of nitrogens with zero attached hydrogens (tertiary/aromatic N) is 2. The smallest absolute Gasteiger partial charge is 0.145 e. The third-order valence-electron chi connectivity index (χ3n) is 6.63. The summed E-state index contributed by atoms with van der Waals surface area (Å²) in [7, 11) is 1.73. The number of benzene rings is 1. The van der Waals surface area contributed by atoms with Gasteiger partial charge in [-0.25, -0.2) is 4.98 Å². The Morgan fingerprint density at radius 2 is 1.61 bits per heavy atom. The van der Waals surface area contributed by atoms with Crippen molar-refractivity contribution in [1.29, 1.82) is 0 Å². The summed E-state index contributed by atoms with van der Waals surface area (Å²) in [5.74, 6) is 1.88. The molecule has 0 saturated carbocycles. The van der Waals surface area contributed by atoms with Gasteiger partial charge in [-0.1, -0.05) is 39.8 Å². The Hall–Kier alpha value is -2.07. The van der Waals surface area contributed by atoms with Crippen molar-refractivity contribution in [3.05, 3.63) is 41.5 Å². The van der Waals surface area contributed by atoms with E-state index in [0.29, 0.717) is 0 Å². The number of hydrogen-bond donors (Lipinski definition) is 1. The second kappa shape index (κ2) is 7.07. The molecule has 1 saturated heterocycles. The predicted molar refractivity (Wildman–Crippen MR) is 117 cm³/mol. The van der Waals surface area contributed by atoms with Crippen LogP contribution in [0.3, 0.4) is 0 Å². The summed E-state index contributed by atoms with van der Waals surface area (Å²) in [6.07, 6.45) is 2.44. The van der Waals surface area contributed by atoms with Crippen LogP contribution in [-0.4, -0.2) is 38.3 Å². The van der Waals surface area contributed by atoms with E-state index in [-0.39, 0.29) is 10.8 Å². The van der Waals surface area contributed by atoms with Gasteiger partial charge in [-0.15, -0.1) is 0 Å². The zero-order chi connectivity index (χ0) is 19.9. The zero-order valence-corrected chi connectivity index (χ0v) is 17.9. The molecule has 0 radical (unpaired) electrons. The van der Waals surface area contributed by atoms with Crippen LogP contribution >= 0.6 is 0 Å². The van der Waals surface area contributed by atoms with E-state index in [1.807, 2.05) is 0 Å². The molecular formula is C24H33N3O. The quantitative estimate of drug-likeness (QED) is 0.851. The van der Waals surface area contributed by atoms with Crippen molar-refractivity contribution in [2.24, 2.45) is 0 Å². The van der Waals surface area contributed by atoms with E-state index < -0.39 is 0 Å². The normalized spacial score (nSPS) is 20.5. The fraction of sp³-hybridized carbons (Fsp3) is 0.542. The number of piperazine rings is 1. The van der Waals surface area contributed by atoms with Gasteiger partial charge in [-0.05, 0) is 53.0 Å². The first-order valence-corrected chi connectivity index (χ1v) is 10.5. The molecule has 0 unspecified atom stereocenters. The molecule has 1 fully saturated rings. The average molecular weight is 380 g/mol. The Kier molecular flexibility index (Phi) is 4.86. The van der Waals surface area contributed by atoms with Crippen molar-refractivity contribution in [2.45, 2.75) is 51.4 Å². The molecule has 1 aromatic heterocycles. The van der Waals surface area contributed by atoms with E-state index in [9.17, 15) is 0 Å². The van der Waals surface area contributed by atoms with Gasteiger partial charge < -0.3 is 15.0 Å². The molecule has 1 N–H and O–H groups in total. The summed E-state index contributed by atoms with van der Waals surface area (Å²) < 4.78 is 5.69. The van der Waals surface area contributed by atoms with Crippen molar-refractivity contribution in [3.8, 4) is 17.0 Å². The standard InChI is InChI=1S/C24H33N3O/c1-23(2)10-11-24(3,4)19-16-17(6-7-18(19)23)22-20(28-5)8-9-21(26-22)27-14-12-25-13-15-27/h6-9,16,25H,10-15H2,1-5H3. The van der Waals surface area contributed by atoms with Crippen LogP contribution in [0.4, 0.5) is 5.82 Å². The Morgan fingerprint density at radius 1 is 0.929 bits per heavy atom. The van der Waals surface area contributed by atoms with Gasteiger partial charge in [-0.3, -0.25) is 0 Å². The molecule has 2 aliphatic rings. The maximum Gasteiger partial charge on any atom is 0.145 e. The Labute approximate surface area is 169 Å². The number of aromatic nitrogens is 1. The first-order chi connectivity index (χ1) is 13.3. The average Bonchev–Trinajstić information content (AvgIpc) is 2.71. The minimum absolute atomic E-state index is 0.185. The number of pyridine rings is 1. The van der Waals surface area contributed by atoms with Crippen LogP contribution in [0.2, 0.25) is 0 Å². The minimum Gasteiger partial charge on any atom is -0.494 e. The van der Waals surface area contributed by atoms with E-state index in [1.54, 1.807) is 7.11 Å². The molecule has 1 aliphatic carbocycles. The summed E-state index contributed by atoms with van der Waals surface area (Å²) in [6.45, 7) is 13.5. The first-order valence-electron chi connectivity index (χ1n) is 10.5. The molecule has 150 valence electrons. The molecule has 1 aromatic carbocycles. The van der Waals surface area contributed by atoms with Gasteiger partial charge in [0, 0.05) is 31.7 Å². The number of anilines is 1. The number of ether oxygens (including phenoxy) is 1. The molecule has 0 bridgehead atoms. The van der Waals surface area contributed by atoms with Crippen LogP contribution in [0, 0.1) is 0 Å². The van der Waals surface area contributed by atoms with E-state index >= 15 is 0 Å². The fourth-order valence-corrected chi connectivity index (χ4v) is 4.61. The Balaban J connectivity index is 1.80. The fourth-order valence-electron chi connectivity index (χ4n) is 4.61. The molecule has 2 aromatic rings. The summed E-state index contributed by atoms with van der Waals surface area (Å²) in [5.41, 5.74) is 5.44. The van der Waals surface area contributed by atoms with Crippen molar-refractivity contribution in [3.63, 3.8) is 0 Å². The van der Waals surface area contributed by atoms with Gasteiger partial charge in [0.2, 0.25) is 0 Å². The van der Waals surface area contributed by atoms with Gasteiger partial charge in [0.05, 0.1) is 7.11 Å². The molecular weight excluding hydrogens is 346 g/mol. The molecule has 4 heteroatoms. The third-order valence-corrected chi connectivity index (χ3v) is 6.63. The van der Waals surface area contributed by atoms with Gasteiger partial charge in [0.1, 0.15) is 17.3 Å². The number of fused-ring (bicyclic) bond motifs is 1. The monoisotopic (exact) mass is 379 g/mol. The van der Waals surface area contributed by atoms with Gasteiger partial charge >= 0.3 is 0 Å². The van der Waals surface area contributed by atoms with Crippen LogP contribution in [0.25, 0.3) is 11.3 Å². The zero-order valence-electron chi connectivity index (χ0n) is 17.9. The predicted octanol–water partition coefficient (Wildman–Crippen LogP) is 4.52. The molecule has 2 heterocycles. The second-order valence-corrected chi connectivity index (χ2v) is 9.49. The van der Waals surface area contributed by atoms with Crippen molar-refractivity contribution < 1.29 is 4.74 Å². The molecule has 0 atom stereocenters. The topological polar surface area (TPSA) is 37.4 Å². The lowest BCUT2D eigenvalue weighted by Crippen LogP contribution is -2.43. The Bertz CT molecular complexity index is 866. The van der Waals surface area contributed by atoms with Crippen LogP contribution in [0.5, 0.6) is 5.75 Å². The number of methoxy groups -OCH3 is 1. The van der Waals surface area contributed by atoms with Gasteiger partial charge in [0.15, 0.2) is 0 Å². The highest BCUT2D eigenvalue weighted by Gasteiger charge is 2.37. The van der Waals surface area contributed by atoms with Crippen LogP contribution in [-0.2, 0) is 10.8 Å². The molecule has 0 spiro atoms. The van der Waals surface area contributed by atoms with Crippen molar-refractivity contribution >= 4 is 5.82 Å². The minimum atomic E-state index is 0.185. The lowest BCUT2D eigenvalue weighted by Gasteiger charge is -2.42. The molecule has 4 rings (SSSR count). The van der Waals surface area contributed by atoms with Gasteiger partial charge in [-0.2, -0.15) is 0 Å². The Morgan fingerprint density at radius 3 is 2.29 bits per heavy atom. The highest BCUT2D eigenvalue weighted by atomic mass is 16.5. The summed E-state index contributed by atoms with van der Waals surface area (Å²) in [4.78, 5) is 7.40.